The number of halogens is 2. The second-order valence-corrected chi connectivity index (χ2v) is 5.56. The van der Waals surface area contributed by atoms with Gasteiger partial charge in [-0.3, -0.25) is 4.79 Å². The molecule has 0 aliphatic heterocycles. The van der Waals surface area contributed by atoms with E-state index < -0.39 is 23.7 Å². The van der Waals surface area contributed by atoms with Gasteiger partial charge in [0.2, 0.25) is 0 Å². The lowest BCUT2D eigenvalue weighted by Crippen LogP contribution is -2.37. The number of carboxylic acids is 1. The maximum absolute atomic E-state index is 13.4. The minimum Gasteiger partial charge on any atom is -0.481 e. The molecule has 1 rings (SSSR count). The van der Waals surface area contributed by atoms with Crippen LogP contribution in [0, 0.1) is 17.7 Å². The van der Waals surface area contributed by atoms with Gasteiger partial charge in [-0.05, 0) is 24.1 Å². The van der Waals surface area contributed by atoms with Crippen LogP contribution >= 0.6 is 15.9 Å². The lowest BCUT2D eigenvalue weighted by atomic mass is 9.96. The molecule has 7 heteroatoms. The Bertz CT molecular complexity index is 508. The predicted octanol–water partition coefficient (Wildman–Crippen LogP) is 3.07. The number of carbonyl (C=O) groups is 2. The van der Waals surface area contributed by atoms with Gasteiger partial charge in [-0.1, -0.05) is 29.8 Å². The van der Waals surface area contributed by atoms with Gasteiger partial charge in [0.1, 0.15) is 5.82 Å². The van der Waals surface area contributed by atoms with E-state index in [1.54, 1.807) is 13.8 Å². The molecule has 3 N–H and O–H groups in total. The first kappa shape index (κ1) is 16.4. The summed E-state index contributed by atoms with van der Waals surface area (Å²) in [4.78, 5) is 22.6. The summed E-state index contributed by atoms with van der Waals surface area (Å²) in [5.41, 5.74) is 0.0216. The van der Waals surface area contributed by atoms with Crippen LogP contribution in [0.3, 0.4) is 0 Å². The van der Waals surface area contributed by atoms with Gasteiger partial charge >= 0.3 is 12.0 Å². The van der Waals surface area contributed by atoms with Gasteiger partial charge in [0.05, 0.1) is 11.6 Å². The molecule has 0 spiro atoms. The molecule has 0 radical (unpaired) electrons. The highest BCUT2D eigenvalue weighted by atomic mass is 79.9. The molecule has 1 atom stereocenters. The maximum atomic E-state index is 13.4. The zero-order valence-corrected chi connectivity index (χ0v) is 12.7. The molecule has 1 unspecified atom stereocenters. The zero-order chi connectivity index (χ0) is 15.3. The van der Waals surface area contributed by atoms with Crippen molar-refractivity contribution >= 4 is 33.6 Å². The highest BCUT2D eigenvalue weighted by molar-refractivity contribution is 9.10. The van der Waals surface area contributed by atoms with Crippen molar-refractivity contribution in [2.24, 2.45) is 11.8 Å². The largest absolute Gasteiger partial charge is 0.481 e. The number of amides is 2. The number of anilines is 1. The van der Waals surface area contributed by atoms with E-state index in [0.717, 1.165) is 0 Å². The van der Waals surface area contributed by atoms with E-state index in [0.29, 0.717) is 4.47 Å². The first-order valence-electron chi connectivity index (χ1n) is 6.04. The van der Waals surface area contributed by atoms with Gasteiger partial charge in [-0.2, -0.15) is 0 Å². The molecule has 20 heavy (non-hydrogen) atoms. The smallest absolute Gasteiger partial charge is 0.319 e. The second-order valence-electron chi connectivity index (χ2n) is 4.65. The topological polar surface area (TPSA) is 78.4 Å². The Morgan fingerprint density at radius 1 is 1.40 bits per heavy atom. The first-order chi connectivity index (χ1) is 9.31. The van der Waals surface area contributed by atoms with Crippen molar-refractivity contribution in [1.29, 1.82) is 0 Å². The molecule has 0 aromatic heterocycles. The molecule has 110 valence electrons. The lowest BCUT2D eigenvalue weighted by Gasteiger charge is -2.17. The van der Waals surface area contributed by atoms with E-state index in [1.807, 2.05) is 0 Å². The summed E-state index contributed by atoms with van der Waals surface area (Å²) in [5, 5.41) is 13.8. The van der Waals surface area contributed by atoms with Crippen LogP contribution in [0.1, 0.15) is 13.8 Å². The molecule has 2 amide bonds. The quantitative estimate of drug-likeness (QED) is 0.766. The summed E-state index contributed by atoms with van der Waals surface area (Å²) in [6, 6.07) is 3.51. The third-order valence-electron chi connectivity index (χ3n) is 2.78. The zero-order valence-electron chi connectivity index (χ0n) is 11.1. The van der Waals surface area contributed by atoms with Crippen LogP contribution in [0.4, 0.5) is 14.9 Å². The van der Waals surface area contributed by atoms with Crippen LogP contribution in [-0.2, 0) is 4.79 Å². The minimum atomic E-state index is -0.978. The Morgan fingerprint density at radius 3 is 2.60 bits per heavy atom. The Morgan fingerprint density at radius 2 is 2.05 bits per heavy atom. The molecule has 5 nitrogen and oxygen atoms in total. The normalized spacial score (nSPS) is 12.1. The number of nitrogens with one attached hydrogen (secondary N) is 2. The Balaban J connectivity index is 2.60. The van der Waals surface area contributed by atoms with Crippen LogP contribution in [0.25, 0.3) is 0 Å². The van der Waals surface area contributed by atoms with Gasteiger partial charge in [0, 0.05) is 11.0 Å². The number of benzene rings is 1. The predicted molar refractivity (Wildman–Crippen MR) is 77.1 cm³/mol. The fourth-order valence-corrected chi connectivity index (χ4v) is 1.93. The molecule has 0 saturated carbocycles. The van der Waals surface area contributed by atoms with E-state index in [-0.39, 0.29) is 18.2 Å². The van der Waals surface area contributed by atoms with Crippen molar-refractivity contribution in [2.45, 2.75) is 13.8 Å². The molecule has 0 aliphatic carbocycles. The van der Waals surface area contributed by atoms with Crippen LogP contribution in [0.15, 0.2) is 22.7 Å². The summed E-state index contributed by atoms with van der Waals surface area (Å²) >= 11 is 3.17. The van der Waals surface area contributed by atoms with Crippen LogP contribution < -0.4 is 10.6 Å². The molecule has 0 saturated heterocycles. The third-order valence-corrected chi connectivity index (χ3v) is 3.27. The SMILES string of the molecule is CC(C)C(CNC(=O)Nc1cc(Br)ccc1F)C(=O)O. The fourth-order valence-electron chi connectivity index (χ4n) is 1.57. The number of hydrogen-bond acceptors (Lipinski definition) is 2. The van der Waals surface area contributed by atoms with Crippen molar-refractivity contribution in [1.82, 2.24) is 5.32 Å². The van der Waals surface area contributed by atoms with E-state index >= 15 is 0 Å². The maximum Gasteiger partial charge on any atom is 0.319 e. The average molecular weight is 347 g/mol. The number of rotatable bonds is 5. The van der Waals surface area contributed by atoms with E-state index in [4.69, 9.17) is 5.11 Å². The second kappa shape index (κ2) is 7.23. The van der Waals surface area contributed by atoms with Gasteiger partial charge in [0.25, 0.3) is 0 Å². The highest BCUT2D eigenvalue weighted by Crippen LogP contribution is 2.19. The summed E-state index contributed by atoms with van der Waals surface area (Å²) < 4.78 is 14.1. The van der Waals surface area contributed by atoms with Crippen LogP contribution in [0.5, 0.6) is 0 Å². The molecule has 0 bridgehead atoms. The number of hydrogen-bond donors (Lipinski definition) is 3. The van der Waals surface area contributed by atoms with Crippen molar-refractivity contribution < 1.29 is 19.1 Å². The summed E-state index contributed by atoms with van der Waals surface area (Å²) in [5.74, 6) is -2.35. The summed E-state index contributed by atoms with van der Waals surface area (Å²) in [6.07, 6.45) is 0. The van der Waals surface area contributed by atoms with Gasteiger partial charge < -0.3 is 15.7 Å². The van der Waals surface area contributed by atoms with E-state index in [1.165, 1.54) is 18.2 Å². The van der Waals surface area contributed by atoms with Crippen molar-refractivity contribution in [3.05, 3.63) is 28.5 Å². The van der Waals surface area contributed by atoms with Crippen molar-refractivity contribution in [3.8, 4) is 0 Å². The van der Waals surface area contributed by atoms with Crippen LogP contribution in [0.2, 0.25) is 0 Å². The first-order valence-corrected chi connectivity index (χ1v) is 6.83. The van der Waals surface area contributed by atoms with E-state index in [2.05, 4.69) is 26.6 Å². The number of urea groups is 1. The standard InChI is InChI=1S/C13H16BrFN2O3/c1-7(2)9(12(18)19)6-16-13(20)17-11-5-8(14)3-4-10(11)15/h3-5,7,9H,6H2,1-2H3,(H,18,19)(H2,16,17,20). The van der Waals surface area contributed by atoms with Gasteiger partial charge in [0.15, 0.2) is 0 Å². The number of aliphatic carboxylic acids is 1. The Labute approximate surface area is 124 Å². The number of carbonyl (C=O) groups excluding carboxylic acids is 1. The monoisotopic (exact) mass is 346 g/mol. The minimum absolute atomic E-state index is 0.0194. The fraction of sp³-hybridized carbons (Fsp3) is 0.385. The molecule has 0 heterocycles. The molecular formula is C13H16BrFN2O3. The summed E-state index contributed by atoms with van der Waals surface area (Å²) in [7, 11) is 0. The Kier molecular flexibility index (Phi) is 5.94. The van der Waals surface area contributed by atoms with E-state index in [9.17, 15) is 14.0 Å². The molecule has 0 aliphatic rings. The van der Waals surface area contributed by atoms with Crippen molar-refractivity contribution in [2.75, 3.05) is 11.9 Å². The van der Waals surface area contributed by atoms with Crippen LogP contribution in [-0.4, -0.2) is 23.7 Å². The molecule has 1 aromatic carbocycles. The molecular weight excluding hydrogens is 331 g/mol. The highest BCUT2D eigenvalue weighted by Gasteiger charge is 2.22. The Hall–Kier alpha value is -1.63. The van der Waals surface area contributed by atoms with Crippen molar-refractivity contribution in [3.63, 3.8) is 0 Å². The summed E-state index contributed by atoms with van der Waals surface area (Å²) in [6.45, 7) is 3.49. The lowest BCUT2D eigenvalue weighted by molar-refractivity contribution is -0.142. The number of carboxylic acid groups (broad SMARTS) is 1. The average Bonchev–Trinajstić information content (AvgIpc) is 2.33. The third kappa shape index (κ3) is 4.80. The van der Waals surface area contributed by atoms with Gasteiger partial charge in [-0.25, -0.2) is 9.18 Å². The molecule has 1 aromatic rings. The molecule has 0 fully saturated rings. The van der Waals surface area contributed by atoms with Gasteiger partial charge in [-0.15, -0.1) is 0 Å².